The molecule has 0 bridgehead atoms. The molecular formula is C12H15N. The van der Waals surface area contributed by atoms with Gasteiger partial charge in [-0.05, 0) is 23.6 Å². The van der Waals surface area contributed by atoms with Crippen molar-refractivity contribution in [1.29, 1.82) is 0 Å². The summed E-state index contributed by atoms with van der Waals surface area (Å²) < 4.78 is 0. The van der Waals surface area contributed by atoms with E-state index in [1.165, 1.54) is 0 Å². The van der Waals surface area contributed by atoms with E-state index in [0.29, 0.717) is 5.92 Å². The Morgan fingerprint density at radius 3 is 2.85 bits per heavy atom. The minimum absolute atomic E-state index is 0.555. The fourth-order valence-electron chi connectivity index (χ4n) is 1.03. The van der Waals surface area contributed by atoms with Gasteiger partial charge < -0.3 is 0 Å². The lowest BCUT2D eigenvalue weighted by Gasteiger charge is -1.99. The minimum Gasteiger partial charge on any atom is -0.256 e. The second kappa shape index (κ2) is 4.61. The van der Waals surface area contributed by atoms with Gasteiger partial charge in [0.1, 0.15) is 0 Å². The SMILES string of the molecule is C=Cc1cccnc1/C=C\C(C)C. The molecule has 0 fully saturated rings. The van der Waals surface area contributed by atoms with E-state index in [0.717, 1.165) is 11.3 Å². The van der Waals surface area contributed by atoms with Gasteiger partial charge in [0.25, 0.3) is 0 Å². The largest absolute Gasteiger partial charge is 0.256 e. The van der Waals surface area contributed by atoms with Gasteiger partial charge in [0.2, 0.25) is 0 Å². The van der Waals surface area contributed by atoms with Crippen molar-refractivity contribution in [3.8, 4) is 0 Å². The lowest BCUT2D eigenvalue weighted by atomic mass is 10.1. The molecule has 1 rings (SSSR count). The van der Waals surface area contributed by atoms with Crippen LogP contribution >= 0.6 is 0 Å². The summed E-state index contributed by atoms with van der Waals surface area (Å²) in [6.45, 7) is 8.04. The van der Waals surface area contributed by atoms with E-state index in [-0.39, 0.29) is 0 Å². The van der Waals surface area contributed by atoms with Crippen LogP contribution in [0.2, 0.25) is 0 Å². The normalized spacial score (nSPS) is 11.0. The lowest BCUT2D eigenvalue weighted by Crippen LogP contribution is -1.85. The van der Waals surface area contributed by atoms with E-state index in [1.807, 2.05) is 24.3 Å². The molecule has 0 spiro atoms. The summed E-state index contributed by atoms with van der Waals surface area (Å²) >= 11 is 0. The zero-order valence-corrected chi connectivity index (χ0v) is 8.20. The Hall–Kier alpha value is -1.37. The highest BCUT2D eigenvalue weighted by molar-refractivity contribution is 5.60. The van der Waals surface area contributed by atoms with Crippen molar-refractivity contribution in [3.05, 3.63) is 42.2 Å². The van der Waals surface area contributed by atoms with Crippen LogP contribution in [0.25, 0.3) is 12.2 Å². The van der Waals surface area contributed by atoms with E-state index in [9.17, 15) is 0 Å². The van der Waals surface area contributed by atoms with Crippen molar-refractivity contribution in [2.45, 2.75) is 13.8 Å². The van der Waals surface area contributed by atoms with Gasteiger partial charge in [0, 0.05) is 6.20 Å². The van der Waals surface area contributed by atoms with Crippen LogP contribution in [0.3, 0.4) is 0 Å². The first-order chi connectivity index (χ1) is 6.24. The standard InChI is InChI=1S/C12H15N/c1-4-11-6-5-9-13-12(11)8-7-10(2)3/h4-10H,1H2,2-3H3/b8-7-. The summed E-state index contributed by atoms with van der Waals surface area (Å²) in [7, 11) is 0. The summed E-state index contributed by atoms with van der Waals surface area (Å²) in [6, 6.07) is 3.93. The molecule has 0 aliphatic carbocycles. The van der Waals surface area contributed by atoms with Crippen LogP contribution in [-0.4, -0.2) is 4.98 Å². The Balaban J connectivity index is 2.93. The monoisotopic (exact) mass is 173 g/mol. The third-order valence-corrected chi connectivity index (χ3v) is 1.73. The quantitative estimate of drug-likeness (QED) is 0.682. The predicted molar refractivity (Wildman–Crippen MR) is 58.2 cm³/mol. The van der Waals surface area contributed by atoms with Gasteiger partial charge in [0.15, 0.2) is 0 Å². The third-order valence-electron chi connectivity index (χ3n) is 1.73. The van der Waals surface area contributed by atoms with Gasteiger partial charge in [-0.1, -0.05) is 38.6 Å². The highest BCUT2D eigenvalue weighted by atomic mass is 14.7. The smallest absolute Gasteiger partial charge is 0.0698 e. The van der Waals surface area contributed by atoms with E-state index in [1.54, 1.807) is 6.20 Å². The van der Waals surface area contributed by atoms with Gasteiger partial charge in [0.05, 0.1) is 5.69 Å². The average Bonchev–Trinajstić information content (AvgIpc) is 2.15. The molecule has 1 aromatic heterocycles. The predicted octanol–water partition coefficient (Wildman–Crippen LogP) is 3.39. The van der Waals surface area contributed by atoms with Crippen molar-refractivity contribution in [2.75, 3.05) is 0 Å². The summed E-state index contributed by atoms with van der Waals surface area (Å²) in [4.78, 5) is 4.26. The van der Waals surface area contributed by atoms with E-state index in [4.69, 9.17) is 0 Å². The molecule has 0 saturated carbocycles. The molecule has 68 valence electrons. The molecule has 0 aromatic carbocycles. The Kier molecular flexibility index (Phi) is 3.44. The van der Waals surface area contributed by atoms with Crippen molar-refractivity contribution in [2.24, 2.45) is 5.92 Å². The molecule has 0 N–H and O–H groups in total. The molecule has 0 aliphatic rings. The van der Waals surface area contributed by atoms with Gasteiger partial charge in [-0.3, -0.25) is 4.98 Å². The first-order valence-electron chi connectivity index (χ1n) is 4.49. The van der Waals surface area contributed by atoms with Gasteiger partial charge in [-0.2, -0.15) is 0 Å². The Labute approximate surface area is 79.8 Å². The number of allylic oxidation sites excluding steroid dienone is 1. The van der Waals surface area contributed by atoms with Crippen LogP contribution in [0.15, 0.2) is 31.0 Å². The number of nitrogens with zero attached hydrogens (tertiary/aromatic N) is 1. The van der Waals surface area contributed by atoms with Crippen LogP contribution in [0.4, 0.5) is 0 Å². The number of rotatable bonds is 3. The van der Waals surface area contributed by atoms with E-state index < -0.39 is 0 Å². The van der Waals surface area contributed by atoms with Crippen molar-refractivity contribution < 1.29 is 0 Å². The topological polar surface area (TPSA) is 12.9 Å². The number of hydrogen-bond acceptors (Lipinski definition) is 1. The van der Waals surface area contributed by atoms with Gasteiger partial charge in [-0.15, -0.1) is 0 Å². The molecule has 0 radical (unpaired) electrons. The zero-order valence-electron chi connectivity index (χ0n) is 8.20. The second-order valence-corrected chi connectivity index (χ2v) is 3.29. The average molecular weight is 173 g/mol. The molecular weight excluding hydrogens is 158 g/mol. The van der Waals surface area contributed by atoms with Crippen LogP contribution < -0.4 is 0 Å². The summed E-state index contributed by atoms with van der Waals surface area (Å²) in [5, 5.41) is 0. The van der Waals surface area contributed by atoms with Gasteiger partial charge >= 0.3 is 0 Å². The Morgan fingerprint density at radius 1 is 1.46 bits per heavy atom. The zero-order chi connectivity index (χ0) is 9.68. The molecule has 0 atom stereocenters. The first-order valence-corrected chi connectivity index (χ1v) is 4.49. The minimum atomic E-state index is 0.555. The van der Waals surface area contributed by atoms with Crippen molar-refractivity contribution >= 4 is 12.2 Å². The maximum absolute atomic E-state index is 4.26. The Bertz CT molecular complexity index is 311. The summed E-state index contributed by atoms with van der Waals surface area (Å²) in [5.74, 6) is 0.555. The molecule has 0 amide bonds. The fourth-order valence-corrected chi connectivity index (χ4v) is 1.03. The molecule has 1 nitrogen and oxygen atoms in total. The third kappa shape index (κ3) is 2.86. The highest BCUT2D eigenvalue weighted by Gasteiger charge is 1.94. The molecule has 1 heteroatoms. The lowest BCUT2D eigenvalue weighted by molar-refractivity contribution is 0.836. The van der Waals surface area contributed by atoms with Crippen LogP contribution in [0.1, 0.15) is 25.1 Å². The van der Waals surface area contributed by atoms with E-state index in [2.05, 4.69) is 31.5 Å². The second-order valence-electron chi connectivity index (χ2n) is 3.29. The van der Waals surface area contributed by atoms with Crippen LogP contribution in [-0.2, 0) is 0 Å². The highest BCUT2D eigenvalue weighted by Crippen LogP contribution is 2.09. The molecule has 0 saturated heterocycles. The number of aromatic nitrogens is 1. The molecule has 1 aromatic rings. The maximum atomic E-state index is 4.26. The van der Waals surface area contributed by atoms with Crippen molar-refractivity contribution in [3.63, 3.8) is 0 Å². The molecule has 0 aliphatic heterocycles. The Morgan fingerprint density at radius 2 is 2.23 bits per heavy atom. The summed E-state index contributed by atoms with van der Waals surface area (Å²) in [5.41, 5.74) is 2.07. The maximum Gasteiger partial charge on any atom is 0.0698 e. The first kappa shape index (κ1) is 9.72. The van der Waals surface area contributed by atoms with Crippen LogP contribution in [0, 0.1) is 5.92 Å². The van der Waals surface area contributed by atoms with Crippen LogP contribution in [0.5, 0.6) is 0 Å². The van der Waals surface area contributed by atoms with E-state index >= 15 is 0 Å². The van der Waals surface area contributed by atoms with Gasteiger partial charge in [-0.25, -0.2) is 0 Å². The molecule has 1 heterocycles. The fraction of sp³-hybridized carbons (Fsp3) is 0.250. The number of hydrogen-bond donors (Lipinski definition) is 0. The molecule has 0 unspecified atom stereocenters. The van der Waals surface area contributed by atoms with Crippen molar-refractivity contribution in [1.82, 2.24) is 4.98 Å². The number of pyridine rings is 1. The molecule has 13 heavy (non-hydrogen) atoms. The summed E-state index contributed by atoms with van der Waals surface area (Å²) in [6.07, 6.45) is 7.80.